The van der Waals surface area contributed by atoms with E-state index in [-0.39, 0.29) is 6.61 Å². The number of hydrogen-bond acceptors (Lipinski definition) is 4. The summed E-state index contributed by atoms with van der Waals surface area (Å²) in [6, 6.07) is 3.57. The molecule has 1 N–H and O–H groups in total. The molecule has 1 unspecified atom stereocenters. The van der Waals surface area contributed by atoms with Crippen LogP contribution in [0.15, 0.2) is 23.4 Å². The molecule has 14 heavy (non-hydrogen) atoms. The molecule has 1 rings (SSSR count). The van der Waals surface area contributed by atoms with Gasteiger partial charge >= 0.3 is 0 Å². The molecule has 0 aliphatic rings. The number of aliphatic hydroxyl groups is 1. The van der Waals surface area contributed by atoms with Gasteiger partial charge in [0, 0.05) is 23.6 Å². The summed E-state index contributed by atoms with van der Waals surface area (Å²) >= 11 is 1.60. The molecule has 4 heteroatoms. The van der Waals surface area contributed by atoms with E-state index in [9.17, 15) is 4.79 Å². The lowest BCUT2D eigenvalue weighted by Gasteiger charge is -2.07. The number of carbonyl (C=O) groups is 1. The lowest BCUT2D eigenvalue weighted by atomic mass is 10.3. The van der Waals surface area contributed by atoms with E-state index in [4.69, 9.17) is 5.11 Å². The van der Waals surface area contributed by atoms with Crippen molar-refractivity contribution in [1.82, 2.24) is 4.98 Å². The summed E-state index contributed by atoms with van der Waals surface area (Å²) in [6.07, 6.45) is 3.08. The van der Waals surface area contributed by atoms with Crippen LogP contribution in [0.5, 0.6) is 0 Å². The van der Waals surface area contributed by atoms with Gasteiger partial charge in [0.05, 0.1) is 5.03 Å². The first kappa shape index (κ1) is 11.2. The number of aromatic nitrogens is 1. The molecule has 0 fully saturated rings. The molecule has 0 saturated heterocycles. The van der Waals surface area contributed by atoms with Gasteiger partial charge in [-0.05, 0) is 18.6 Å². The van der Waals surface area contributed by atoms with Gasteiger partial charge in [-0.2, -0.15) is 0 Å². The maximum atomic E-state index is 10.4. The van der Waals surface area contributed by atoms with E-state index >= 15 is 0 Å². The van der Waals surface area contributed by atoms with E-state index in [1.165, 1.54) is 0 Å². The highest BCUT2D eigenvalue weighted by molar-refractivity contribution is 7.99. The number of carbonyl (C=O) groups excluding carboxylic acids is 1. The van der Waals surface area contributed by atoms with Gasteiger partial charge in [0.15, 0.2) is 6.29 Å². The van der Waals surface area contributed by atoms with Crippen molar-refractivity contribution in [3.8, 4) is 0 Å². The first-order valence-corrected chi connectivity index (χ1v) is 5.33. The molecular weight excluding hydrogens is 198 g/mol. The second kappa shape index (κ2) is 5.78. The molecule has 0 spiro atoms. The number of thioether (sulfide) groups is 1. The maximum absolute atomic E-state index is 10.4. The van der Waals surface area contributed by atoms with Crippen LogP contribution in [0.3, 0.4) is 0 Å². The molecule has 1 aromatic heterocycles. The molecule has 0 radical (unpaired) electrons. The summed E-state index contributed by atoms with van der Waals surface area (Å²) in [5, 5.41) is 9.94. The van der Waals surface area contributed by atoms with Crippen LogP contribution in [0.1, 0.15) is 23.7 Å². The summed E-state index contributed by atoms with van der Waals surface area (Å²) < 4.78 is 0. The minimum absolute atomic E-state index is 0.195. The molecule has 0 aliphatic heterocycles. The van der Waals surface area contributed by atoms with Crippen molar-refractivity contribution >= 4 is 18.0 Å². The van der Waals surface area contributed by atoms with Gasteiger partial charge in [-0.15, -0.1) is 11.8 Å². The molecule has 0 bridgehead atoms. The van der Waals surface area contributed by atoms with Gasteiger partial charge < -0.3 is 5.11 Å². The second-order valence-corrected chi connectivity index (χ2v) is 4.45. The molecular formula is C10H13NO2S. The minimum Gasteiger partial charge on any atom is -0.396 e. The van der Waals surface area contributed by atoms with Gasteiger partial charge in [0.2, 0.25) is 0 Å². The van der Waals surface area contributed by atoms with Crippen molar-refractivity contribution in [2.24, 2.45) is 0 Å². The highest BCUT2D eigenvalue weighted by Crippen LogP contribution is 2.22. The van der Waals surface area contributed by atoms with Crippen LogP contribution in [0.2, 0.25) is 0 Å². The quantitative estimate of drug-likeness (QED) is 0.595. The van der Waals surface area contributed by atoms with Gasteiger partial charge in [-0.25, -0.2) is 4.98 Å². The number of pyridine rings is 1. The number of aliphatic hydroxyl groups excluding tert-OH is 1. The smallest absolute Gasteiger partial charge is 0.151 e. The molecule has 76 valence electrons. The van der Waals surface area contributed by atoms with Crippen molar-refractivity contribution in [2.75, 3.05) is 6.61 Å². The van der Waals surface area contributed by atoms with Crippen molar-refractivity contribution in [1.29, 1.82) is 0 Å². The summed E-state index contributed by atoms with van der Waals surface area (Å²) in [5.74, 6) is 0. The van der Waals surface area contributed by atoms with Crippen LogP contribution >= 0.6 is 11.8 Å². The highest BCUT2D eigenvalue weighted by atomic mass is 32.2. The summed E-state index contributed by atoms with van der Waals surface area (Å²) in [5.41, 5.74) is 0.587. The Hall–Kier alpha value is -0.870. The predicted octanol–water partition coefficient (Wildman–Crippen LogP) is 1.76. The number of hydrogen-bond donors (Lipinski definition) is 1. The fourth-order valence-corrected chi connectivity index (χ4v) is 1.87. The molecule has 0 amide bonds. The third kappa shape index (κ3) is 3.47. The molecule has 1 aromatic rings. The maximum Gasteiger partial charge on any atom is 0.151 e. The summed E-state index contributed by atoms with van der Waals surface area (Å²) in [4.78, 5) is 14.5. The number of aldehydes is 1. The molecule has 1 heterocycles. The van der Waals surface area contributed by atoms with Crippen LogP contribution in [0.25, 0.3) is 0 Å². The SMILES string of the molecule is CC(CCO)Sc1ccc(C=O)cn1. The molecule has 1 atom stereocenters. The third-order valence-corrected chi connectivity index (χ3v) is 2.87. The zero-order valence-electron chi connectivity index (χ0n) is 8.01. The van der Waals surface area contributed by atoms with Crippen LogP contribution in [-0.4, -0.2) is 28.2 Å². The molecule has 0 aromatic carbocycles. The Morgan fingerprint density at radius 2 is 2.43 bits per heavy atom. The van der Waals surface area contributed by atoms with E-state index < -0.39 is 0 Å². The average Bonchev–Trinajstić information content (AvgIpc) is 2.19. The lowest BCUT2D eigenvalue weighted by Crippen LogP contribution is -1.99. The van der Waals surface area contributed by atoms with Crippen molar-refractivity contribution in [3.63, 3.8) is 0 Å². The molecule has 3 nitrogen and oxygen atoms in total. The van der Waals surface area contributed by atoms with E-state index in [0.29, 0.717) is 10.8 Å². The Morgan fingerprint density at radius 3 is 2.93 bits per heavy atom. The predicted molar refractivity (Wildman–Crippen MR) is 56.6 cm³/mol. The number of nitrogens with zero attached hydrogens (tertiary/aromatic N) is 1. The van der Waals surface area contributed by atoms with Crippen LogP contribution < -0.4 is 0 Å². The fraction of sp³-hybridized carbons (Fsp3) is 0.400. The van der Waals surface area contributed by atoms with Crippen molar-refractivity contribution in [2.45, 2.75) is 23.6 Å². The van der Waals surface area contributed by atoms with E-state index in [2.05, 4.69) is 4.98 Å². The Balaban J connectivity index is 2.55. The Kier molecular flexibility index (Phi) is 4.62. The topological polar surface area (TPSA) is 50.2 Å². The third-order valence-electron chi connectivity index (χ3n) is 1.75. The molecule has 0 aliphatic carbocycles. The Labute approximate surface area is 87.6 Å². The van der Waals surface area contributed by atoms with Gasteiger partial charge in [-0.3, -0.25) is 4.79 Å². The first-order valence-electron chi connectivity index (χ1n) is 4.45. The highest BCUT2D eigenvalue weighted by Gasteiger charge is 2.04. The number of rotatable bonds is 5. The van der Waals surface area contributed by atoms with Crippen LogP contribution in [-0.2, 0) is 0 Å². The zero-order chi connectivity index (χ0) is 10.4. The molecule has 0 saturated carbocycles. The summed E-state index contributed by atoms with van der Waals surface area (Å²) in [6.45, 7) is 2.23. The average molecular weight is 211 g/mol. The van der Waals surface area contributed by atoms with Gasteiger partial charge in [-0.1, -0.05) is 6.92 Å². The lowest BCUT2D eigenvalue weighted by molar-refractivity contribution is 0.112. The van der Waals surface area contributed by atoms with Crippen LogP contribution in [0, 0.1) is 0 Å². The van der Waals surface area contributed by atoms with Crippen molar-refractivity contribution < 1.29 is 9.90 Å². The minimum atomic E-state index is 0.195. The second-order valence-electron chi connectivity index (χ2n) is 2.99. The fourth-order valence-electron chi connectivity index (χ4n) is 0.978. The van der Waals surface area contributed by atoms with Crippen molar-refractivity contribution in [3.05, 3.63) is 23.9 Å². The monoisotopic (exact) mass is 211 g/mol. The van der Waals surface area contributed by atoms with E-state index in [1.807, 2.05) is 13.0 Å². The standard InChI is InChI=1S/C10H13NO2S/c1-8(4-5-12)14-10-3-2-9(7-13)6-11-10/h2-3,6-8,12H,4-5H2,1H3. The Morgan fingerprint density at radius 1 is 1.64 bits per heavy atom. The van der Waals surface area contributed by atoms with E-state index in [1.54, 1.807) is 24.0 Å². The summed E-state index contributed by atoms with van der Waals surface area (Å²) in [7, 11) is 0. The largest absolute Gasteiger partial charge is 0.396 e. The van der Waals surface area contributed by atoms with Gasteiger partial charge in [0.25, 0.3) is 0 Å². The van der Waals surface area contributed by atoms with Crippen LogP contribution in [0.4, 0.5) is 0 Å². The van der Waals surface area contributed by atoms with E-state index in [0.717, 1.165) is 17.7 Å². The first-order chi connectivity index (χ1) is 6.76. The normalized spacial score (nSPS) is 12.4. The Bertz CT molecular complexity index is 287. The van der Waals surface area contributed by atoms with Gasteiger partial charge in [0.1, 0.15) is 0 Å². The zero-order valence-corrected chi connectivity index (χ0v) is 8.83.